The maximum atomic E-state index is 12.7. The van der Waals surface area contributed by atoms with Crippen LogP contribution in [0.3, 0.4) is 0 Å². The fraction of sp³-hybridized carbons (Fsp3) is 0.364. The van der Waals surface area contributed by atoms with E-state index < -0.39 is 11.6 Å². The first-order chi connectivity index (χ1) is 14.9. The van der Waals surface area contributed by atoms with Gasteiger partial charge in [0, 0.05) is 29.1 Å². The number of hydrogen-bond donors (Lipinski definition) is 2. The van der Waals surface area contributed by atoms with Crippen LogP contribution in [-0.2, 0) is 5.54 Å². The van der Waals surface area contributed by atoms with Crippen molar-refractivity contribution >= 4 is 34.2 Å². The Morgan fingerprint density at radius 3 is 2.77 bits per heavy atom. The second-order valence-electron chi connectivity index (χ2n) is 8.35. The lowest BCUT2D eigenvalue weighted by atomic mass is 9.75. The van der Waals surface area contributed by atoms with Gasteiger partial charge in [-0.25, -0.2) is 9.78 Å². The molecule has 158 valence electrons. The summed E-state index contributed by atoms with van der Waals surface area (Å²) in [5, 5.41) is 29.0. The van der Waals surface area contributed by atoms with E-state index in [0.717, 1.165) is 29.3 Å². The van der Waals surface area contributed by atoms with Gasteiger partial charge in [0.15, 0.2) is 0 Å². The molecule has 2 amide bonds. The van der Waals surface area contributed by atoms with Crippen molar-refractivity contribution in [2.45, 2.75) is 31.4 Å². The van der Waals surface area contributed by atoms with Crippen LogP contribution >= 0.6 is 11.6 Å². The molecular formula is C22H21ClN6O2. The Balaban J connectivity index is 1.30. The average Bonchev–Trinajstić information content (AvgIpc) is 3.30. The minimum absolute atomic E-state index is 0.150. The van der Waals surface area contributed by atoms with Gasteiger partial charge in [0.25, 0.3) is 0 Å². The summed E-state index contributed by atoms with van der Waals surface area (Å²) in [6.45, 7) is 3.19. The van der Waals surface area contributed by atoms with Gasteiger partial charge >= 0.3 is 6.03 Å². The average molecular weight is 437 g/mol. The number of pyridine rings is 1. The summed E-state index contributed by atoms with van der Waals surface area (Å²) in [5.74, 6) is 0.150. The molecule has 3 aromatic rings. The summed E-state index contributed by atoms with van der Waals surface area (Å²) in [7, 11) is 0. The van der Waals surface area contributed by atoms with Crippen molar-refractivity contribution in [2.24, 2.45) is 5.92 Å². The van der Waals surface area contributed by atoms with Crippen LogP contribution in [0.1, 0.15) is 37.1 Å². The maximum Gasteiger partial charge on any atom is 0.321 e. The van der Waals surface area contributed by atoms with E-state index in [1.165, 1.54) is 6.20 Å². The summed E-state index contributed by atoms with van der Waals surface area (Å²) in [5.41, 5.74) is 2.02. The van der Waals surface area contributed by atoms with Crippen LogP contribution in [-0.4, -0.2) is 43.9 Å². The topological polar surface area (TPSA) is 107 Å². The Bertz CT molecular complexity index is 1210. The van der Waals surface area contributed by atoms with Crippen molar-refractivity contribution in [2.75, 3.05) is 18.4 Å². The number of carbonyl (C=O) groups is 1. The predicted octanol–water partition coefficient (Wildman–Crippen LogP) is 3.66. The van der Waals surface area contributed by atoms with E-state index in [1.54, 1.807) is 23.2 Å². The minimum Gasteiger partial charge on any atom is -0.386 e. The maximum absolute atomic E-state index is 12.7. The SMILES string of the molecule is CC1(C2CCN(C(=O)Nc3ccc(C#N)nc3)CC2)C(O)c2cc(Cl)cc3cnn1c23. The molecule has 4 heterocycles. The van der Waals surface area contributed by atoms with Crippen LogP contribution in [0.15, 0.2) is 36.7 Å². The van der Waals surface area contributed by atoms with Crippen molar-refractivity contribution < 1.29 is 9.90 Å². The molecule has 0 saturated carbocycles. The number of amides is 2. The van der Waals surface area contributed by atoms with Crippen LogP contribution in [0.2, 0.25) is 5.02 Å². The van der Waals surface area contributed by atoms with E-state index in [0.29, 0.717) is 29.5 Å². The highest BCUT2D eigenvalue weighted by molar-refractivity contribution is 6.31. The highest BCUT2D eigenvalue weighted by Crippen LogP contribution is 2.51. The second kappa shape index (κ2) is 7.22. The Morgan fingerprint density at radius 2 is 2.10 bits per heavy atom. The molecule has 0 spiro atoms. The number of nitriles is 1. The van der Waals surface area contributed by atoms with Gasteiger partial charge in [-0.1, -0.05) is 11.6 Å². The van der Waals surface area contributed by atoms with E-state index >= 15 is 0 Å². The molecule has 1 fully saturated rings. The van der Waals surface area contributed by atoms with E-state index in [2.05, 4.69) is 15.4 Å². The first-order valence-corrected chi connectivity index (χ1v) is 10.6. The van der Waals surface area contributed by atoms with Gasteiger partial charge < -0.3 is 15.3 Å². The van der Waals surface area contributed by atoms with Crippen LogP contribution in [0.5, 0.6) is 0 Å². The quantitative estimate of drug-likeness (QED) is 0.637. The van der Waals surface area contributed by atoms with Crippen LogP contribution in [0, 0.1) is 17.2 Å². The Kier molecular flexibility index (Phi) is 4.61. The molecule has 8 nitrogen and oxygen atoms in total. The van der Waals surface area contributed by atoms with Crippen LogP contribution in [0.25, 0.3) is 10.9 Å². The van der Waals surface area contributed by atoms with E-state index in [-0.39, 0.29) is 11.9 Å². The number of halogens is 1. The molecule has 0 radical (unpaired) electrons. The third-order valence-corrected chi connectivity index (χ3v) is 6.92. The van der Waals surface area contributed by atoms with Crippen molar-refractivity contribution in [3.8, 4) is 6.07 Å². The van der Waals surface area contributed by atoms with Crippen LogP contribution < -0.4 is 5.32 Å². The highest BCUT2D eigenvalue weighted by Gasteiger charge is 2.50. The number of aromatic nitrogens is 3. The van der Waals surface area contributed by atoms with Gasteiger partial charge in [-0.3, -0.25) is 4.68 Å². The molecule has 1 aromatic carbocycles. The molecule has 2 atom stereocenters. The fourth-order valence-corrected chi connectivity index (χ4v) is 5.20. The number of nitrogens with zero attached hydrogens (tertiary/aromatic N) is 5. The van der Waals surface area contributed by atoms with E-state index in [1.807, 2.05) is 29.8 Å². The van der Waals surface area contributed by atoms with Crippen molar-refractivity contribution in [3.05, 3.63) is 52.9 Å². The number of benzene rings is 1. The van der Waals surface area contributed by atoms with Crippen molar-refractivity contribution in [1.82, 2.24) is 19.7 Å². The largest absolute Gasteiger partial charge is 0.386 e. The monoisotopic (exact) mass is 436 g/mol. The fourth-order valence-electron chi connectivity index (χ4n) is 4.97. The summed E-state index contributed by atoms with van der Waals surface area (Å²) >= 11 is 6.24. The number of rotatable bonds is 2. The van der Waals surface area contributed by atoms with Gasteiger partial charge in [0.1, 0.15) is 17.9 Å². The number of nitrogens with one attached hydrogen (secondary N) is 1. The molecular weight excluding hydrogens is 416 g/mol. The molecule has 2 aromatic heterocycles. The van der Waals surface area contributed by atoms with E-state index in [9.17, 15) is 9.90 Å². The molecule has 2 unspecified atom stereocenters. The number of anilines is 1. The summed E-state index contributed by atoms with van der Waals surface area (Å²) < 4.78 is 1.95. The minimum atomic E-state index is -0.701. The molecule has 2 aliphatic rings. The highest BCUT2D eigenvalue weighted by atomic mass is 35.5. The molecule has 0 aliphatic carbocycles. The third kappa shape index (κ3) is 3.04. The standard InChI is InChI=1S/C22H21ClN6O2/c1-22(20(30)18-9-15(23)8-13-11-26-29(22)19(13)18)14-4-6-28(7-5-14)21(31)27-17-3-2-16(10-24)25-12-17/h2-3,8-9,11-12,14,20,30H,4-7H2,1H3,(H,27,31). The Hall–Kier alpha value is -3.15. The second-order valence-corrected chi connectivity index (χ2v) is 8.79. The van der Waals surface area contributed by atoms with Crippen LogP contribution in [0.4, 0.5) is 10.5 Å². The first-order valence-electron chi connectivity index (χ1n) is 10.2. The van der Waals surface area contributed by atoms with Gasteiger partial charge in [-0.2, -0.15) is 10.4 Å². The first kappa shape index (κ1) is 19.8. The number of urea groups is 1. The van der Waals surface area contributed by atoms with Gasteiger partial charge in [0.2, 0.25) is 0 Å². The predicted molar refractivity (Wildman–Crippen MR) is 116 cm³/mol. The van der Waals surface area contributed by atoms with Gasteiger partial charge in [0.05, 0.1) is 29.1 Å². The number of aliphatic hydroxyl groups is 1. The summed E-state index contributed by atoms with van der Waals surface area (Å²) in [4.78, 5) is 18.4. The lowest BCUT2D eigenvalue weighted by Gasteiger charge is -2.42. The molecule has 2 N–H and O–H groups in total. The summed E-state index contributed by atoms with van der Waals surface area (Å²) in [6, 6.07) is 8.69. The molecule has 9 heteroatoms. The molecule has 2 aliphatic heterocycles. The third-order valence-electron chi connectivity index (χ3n) is 6.70. The number of hydrogen-bond acceptors (Lipinski definition) is 5. The molecule has 0 bridgehead atoms. The lowest BCUT2D eigenvalue weighted by Crippen LogP contribution is -2.49. The Morgan fingerprint density at radius 1 is 1.32 bits per heavy atom. The number of piperidine rings is 1. The smallest absolute Gasteiger partial charge is 0.321 e. The number of carbonyl (C=O) groups excluding carboxylic acids is 1. The van der Waals surface area contributed by atoms with E-state index in [4.69, 9.17) is 16.9 Å². The van der Waals surface area contributed by atoms with Crippen molar-refractivity contribution in [1.29, 1.82) is 5.26 Å². The van der Waals surface area contributed by atoms with Gasteiger partial charge in [-0.05, 0) is 49.9 Å². The zero-order valence-corrected chi connectivity index (χ0v) is 17.7. The zero-order chi connectivity index (χ0) is 21.8. The normalized spacial score (nSPS) is 23.2. The number of likely N-dealkylation sites (tertiary alicyclic amines) is 1. The molecule has 31 heavy (non-hydrogen) atoms. The van der Waals surface area contributed by atoms with Gasteiger partial charge in [-0.15, -0.1) is 0 Å². The lowest BCUT2D eigenvalue weighted by molar-refractivity contribution is -0.0111. The molecule has 1 saturated heterocycles. The zero-order valence-electron chi connectivity index (χ0n) is 16.9. The molecule has 5 rings (SSSR count). The van der Waals surface area contributed by atoms with Crippen molar-refractivity contribution in [3.63, 3.8) is 0 Å². The number of aliphatic hydroxyl groups excluding tert-OH is 1. The summed E-state index contributed by atoms with van der Waals surface area (Å²) in [6.07, 6.45) is 4.06. The Labute approximate surface area is 184 Å².